The lowest BCUT2D eigenvalue weighted by atomic mass is 10.2. The Morgan fingerprint density at radius 3 is 2.38 bits per heavy atom. The average molecular weight is 462 g/mol. The number of hydrogen-bond acceptors (Lipinski definition) is 7. The van der Waals surface area contributed by atoms with E-state index in [1.165, 1.54) is 62.2 Å². The van der Waals surface area contributed by atoms with Crippen LogP contribution in [0.25, 0.3) is 11.0 Å². The Kier molecular flexibility index (Phi) is 6.57. The van der Waals surface area contributed by atoms with Gasteiger partial charge in [-0.25, -0.2) is 22.9 Å². The smallest absolute Gasteiger partial charge is 0.332 e. The fourth-order valence-electron chi connectivity index (χ4n) is 3.11. The highest BCUT2D eigenvalue weighted by Crippen LogP contribution is 2.16. The van der Waals surface area contributed by atoms with Crippen molar-refractivity contribution in [2.45, 2.75) is 17.9 Å². The predicted molar refractivity (Wildman–Crippen MR) is 118 cm³/mol. The molecule has 0 aliphatic rings. The van der Waals surface area contributed by atoms with E-state index in [9.17, 15) is 22.8 Å². The van der Waals surface area contributed by atoms with Gasteiger partial charge >= 0.3 is 5.69 Å². The minimum Gasteiger partial charge on any atom is -0.383 e. The van der Waals surface area contributed by atoms with Crippen LogP contribution in [-0.2, 0) is 28.9 Å². The Labute approximate surface area is 183 Å². The molecule has 170 valence electrons. The first-order valence-corrected chi connectivity index (χ1v) is 11.0. The summed E-state index contributed by atoms with van der Waals surface area (Å²) < 4.78 is 34.3. The van der Waals surface area contributed by atoms with E-state index >= 15 is 0 Å². The van der Waals surface area contributed by atoms with Gasteiger partial charge in [0.15, 0.2) is 0 Å². The summed E-state index contributed by atoms with van der Waals surface area (Å²) in [5.41, 5.74) is -0.639. The number of fused-ring (bicyclic) bond motifs is 1. The SMILES string of the molecule is COCC(C)NS(=O)(=O)c1ccc(NC(=O)c2ccc3c(=O)n(C)c(=O)n(C)c3n2)cc1. The van der Waals surface area contributed by atoms with Gasteiger partial charge < -0.3 is 10.1 Å². The number of hydrogen-bond donors (Lipinski definition) is 2. The lowest BCUT2D eigenvalue weighted by Crippen LogP contribution is -2.37. The number of sulfonamides is 1. The standard InChI is InChI=1S/C20H23N5O6S/c1-12(11-31-4)23-32(29,30)14-7-5-13(6-8-14)21-18(26)16-10-9-15-17(22-16)24(2)20(28)25(3)19(15)27/h5-10,12,23H,11H2,1-4H3,(H,21,26). The zero-order valence-corrected chi connectivity index (χ0v) is 18.8. The number of benzene rings is 1. The summed E-state index contributed by atoms with van der Waals surface area (Å²) in [5.74, 6) is -0.581. The van der Waals surface area contributed by atoms with Crippen molar-refractivity contribution in [1.82, 2.24) is 18.8 Å². The van der Waals surface area contributed by atoms with Crippen molar-refractivity contribution in [1.29, 1.82) is 0 Å². The normalized spacial score (nSPS) is 12.6. The predicted octanol–water partition coefficient (Wildman–Crippen LogP) is 0.198. The lowest BCUT2D eigenvalue weighted by Gasteiger charge is -2.13. The van der Waals surface area contributed by atoms with Crippen LogP contribution >= 0.6 is 0 Å². The van der Waals surface area contributed by atoms with E-state index in [1.54, 1.807) is 6.92 Å². The van der Waals surface area contributed by atoms with Gasteiger partial charge in [0, 0.05) is 32.9 Å². The van der Waals surface area contributed by atoms with Gasteiger partial charge in [0.2, 0.25) is 10.0 Å². The molecule has 3 rings (SSSR count). The van der Waals surface area contributed by atoms with Gasteiger partial charge in [0.05, 0.1) is 16.9 Å². The van der Waals surface area contributed by atoms with Crippen LogP contribution in [0.1, 0.15) is 17.4 Å². The highest BCUT2D eigenvalue weighted by Gasteiger charge is 2.18. The van der Waals surface area contributed by atoms with Gasteiger partial charge in [0.25, 0.3) is 11.5 Å². The van der Waals surface area contributed by atoms with Crippen molar-refractivity contribution < 1.29 is 17.9 Å². The zero-order valence-electron chi connectivity index (χ0n) is 17.9. The molecule has 2 heterocycles. The number of pyridine rings is 1. The average Bonchev–Trinajstić information content (AvgIpc) is 2.76. The van der Waals surface area contributed by atoms with Crippen molar-refractivity contribution in [2.24, 2.45) is 14.1 Å². The van der Waals surface area contributed by atoms with Gasteiger partial charge in [-0.2, -0.15) is 0 Å². The molecule has 0 fully saturated rings. The number of aryl methyl sites for hydroxylation is 1. The molecular formula is C20H23N5O6S. The molecule has 1 aromatic carbocycles. The number of anilines is 1. The van der Waals surface area contributed by atoms with Crippen LogP contribution in [0.3, 0.4) is 0 Å². The molecule has 32 heavy (non-hydrogen) atoms. The Morgan fingerprint density at radius 2 is 1.75 bits per heavy atom. The highest BCUT2D eigenvalue weighted by atomic mass is 32.2. The fraction of sp³-hybridized carbons (Fsp3) is 0.300. The number of rotatable bonds is 7. The summed E-state index contributed by atoms with van der Waals surface area (Å²) >= 11 is 0. The molecule has 0 radical (unpaired) electrons. The Hall–Kier alpha value is -3.35. The van der Waals surface area contributed by atoms with Crippen LogP contribution < -0.4 is 21.3 Å². The van der Waals surface area contributed by atoms with Crippen LogP contribution in [-0.4, -0.2) is 48.2 Å². The van der Waals surface area contributed by atoms with E-state index in [2.05, 4.69) is 15.0 Å². The molecule has 3 aromatic rings. The molecule has 12 heteroatoms. The van der Waals surface area contributed by atoms with E-state index in [4.69, 9.17) is 4.74 Å². The third-order valence-corrected chi connectivity index (χ3v) is 6.34. The maximum absolute atomic E-state index is 12.6. The van der Waals surface area contributed by atoms with Gasteiger partial charge in [-0.3, -0.25) is 18.7 Å². The monoisotopic (exact) mass is 461 g/mol. The minimum absolute atomic E-state index is 0.00694. The van der Waals surface area contributed by atoms with Crippen molar-refractivity contribution in [3.63, 3.8) is 0 Å². The molecule has 11 nitrogen and oxygen atoms in total. The lowest BCUT2D eigenvalue weighted by molar-refractivity contribution is 0.102. The zero-order chi connectivity index (χ0) is 23.6. The Balaban J connectivity index is 1.83. The molecule has 2 N–H and O–H groups in total. The molecule has 1 atom stereocenters. The Bertz CT molecular complexity index is 1390. The number of nitrogens with one attached hydrogen (secondary N) is 2. The van der Waals surface area contributed by atoms with Crippen molar-refractivity contribution in [2.75, 3.05) is 19.0 Å². The largest absolute Gasteiger partial charge is 0.383 e. The highest BCUT2D eigenvalue weighted by molar-refractivity contribution is 7.89. The summed E-state index contributed by atoms with van der Waals surface area (Å²) in [6.45, 7) is 1.90. The summed E-state index contributed by atoms with van der Waals surface area (Å²) in [6, 6.07) is 8.01. The summed E-state index contributed by atoms with van der Waals surface area (Å²) in [4.78, 5) is 41.2. The number of carbonyl (C=O) groups excluding carboxylic acids is 1. The van der Waals surface area contributed by atoms with Crippen LogP contribution in [0, 0.1) is 0 Å². The van der Waals surface area contributed by atoms with Crippen molar-refractivity contribution in [3.05, 3.63) is 62.9 Å². The van der Waals surface area contributed by atoms with Crippen LogP contribution in [0.5, 0.6) is 0 Å². The Morgan fingerprint density at radius 1 is 1.09 bits per heavy atom. The second kappa shape index (κ2) is 9.02. The number of carbonyl (C=O) groups is 1. The first-order valence-electron chi connectivity index (χ1n) is 9.54. The van der Waals surface area contributed by atoms with Crippen molar-refractivity contribution >= 4 is 32.7 Å². The number of amides is 1. The summed E-state index contributed by atoms with van der Waals surface area (Å²) in [6.07, 6.45) is 0. The molecule has 1 amide bonds. The van der Waals surface area contributed by atoms with E-state index < -0.39 is 33.2 Å². The van der Waals surface area contributed by atoms with E-state index in [-0.39, 0.29) is 28.2 Å². The summed E-state index contributed by atoms with van der Waals surface area (Å²) in [7, 11) is 0.560. The number of methoxy groups -OCH3 is 1. The fourth-order valence-corrected chi connectivity index (χ4v) is 4.34. The minimum atomic E-state index is -3.74. The molecule has 0 aliphatic carbocycles. The molecule has 0 saturated heterocycles. The first kappa shape index (κ1) is 23.3. The summed E-state index contributed by atoms with van der Waals surface area (Å²) in [5, 5.41) is 2.82. The second-order valence-electron chi connectivity index (χ2n) is 7.23. The van der Waals surface area contributed by atoms with Crippen LogP contribution in [0.4, 0.5) is 5.69 Å². The third-order valence-electron chi connectivity index (χ3n) is 4.73. The van der Waals surface area contributed by atoms with E-state index in [1.807, 2.05) is 0 Å². The van der Waals surface area contributed by atoms with E-state index in [0.717, 1.165) is 4.57 Å². The molecule has 0 bridgehead atoms. The maximum atomic E-state index is 12.6. The quantitative estimate of drug-likeness (QED) is 0.512. The molecule has 1 unspecified atom stereocenters. The van der Waals surface area contributed by atoms with Crippen LogP contribution in [0.2, 0.25) is 0 Å². The molecule has 2 aromatic heterocycles. The van der Waals surface area contributed by atoms with Crippen LogP contribution in [0.15, 0.2) is 50.9 Å². The number of nitrogens with zero attached hydrogens (tertiary/aromatic N) is 3. The second-order valence-corrected chi connectivity index (χ2v) is 8.94. The molecule has 0 saturated carbocycles. The molecular weight excluding hydrogens is 438 g/mol. The maximum Gasteiger partial charge on any atom is 0.332 e. The third kappa shape index (κ3) is 4.61. The van der Waals surface area contributed by atoms with Gasteiger partial charge in [-0.1, -0.05) is 0 Å². The topological polar surface area (TPSA) is 141 Å². The van der Waals surface area contributed by atoms with Gasteiger partial charge in [-0.05, 0) is 43.3 Å². The number of ether oxygens (including phenoxy) is 1. The first-order chi connectivity index (χ1) is 15.0. The number of aromatic nitrogens is 3. The van der Waals surface area contributed by atoms with E-state index in [0.29, 0.717) is 5.69 Å². The van der Waals surface area contributed by atoms with Gasteiger partial charge in [-0.15, -0.1) is 0 Å². The van der Waals surface area contributed by atoms with Gasteiger partial charge in [0.1, 0.15) is 11.3 Å². The van der Waals surface area contributed by atoms with Crippen molar-refractivity contribution in [3.8, 4) is 0 Å². The molecule has 0 aliphatic heterocycles. The molecule has 0 spiro atoms.